The molecule has 7 heteroatoms. The maximum Gasteiger partial charge on any atom is 0.505 e. The molecule has 0 rings (SSSR count). The van der Waals surface area contributed by atoms with Crippen LogP contribution in [0.5, 0.6) is 0 Å². The molecular weight excluding hydrogens is 183 g/mol. The van der Waals surface area contributed by atoms with Crippen molar-refractivity contribution in [3.63, 3.8) is 0 Å². The zero-order valence-corrected chi connectivity index (χ0v) is 7.54. The minimum atomic E-state index is -2.15. The molecule has 0 spiro atoms. The van der Waals surface area contributed by atoms with Gasteiger partial charge >= 0.3 is 14.0 Å². The minimum Gasteiger partial charge on any atom is -0.480 e. The summed E-state index contributed by atoms with van der Waals surface area (Å²) in [5.41, 5.74) is 5.13. The van der Waals surface area contributed by atoms with Crippen LogP contribution in [0.25, 0.3) is 0 Å². The van der Waals surface area contributed by atoms with Crippen LogP contribution in [0.2, 0.25) is 0 Å². The third-order valence-corrected chi connectivity index (χ3v) is 1.88. The van der Waals surface area contributed by atoms with Gasteiger partial charge in [-0.1, -0.05) is 0 Å². The van der Waals surface area contributed by atoms with Gasteiger partial charge in [-0.2, -0.15) is 4.89 Å². The van der Waals surface area contributed by atoms with Gasteiger partial charge < -0.3 is 17.0 Å². The first-order valence-electron chi connectivity index (χ1n) is 3.16. The first kappa shape index (κ1) is 14.0. The fourth-order valence-corrected chi connectivity index (χ4v) is 1.02. The SMILES string of the molecule is N.NC(CCC[P+](=O)O)C(=O)O. The maximum absolute atomic E-state index is 10.1. The van der Waals surface area contributed by atoms with Crippen LogP contribution in [-0.4, -0.2) is 28.2 Å². The van der Waals surface area contributed by atoms with Gasteiger partial charge in [0.2, 0.25) is 0 Å². The average Bonchev–Trinajstić information content (AvgIpc) is 1.86. The number of carboxylic acids is 1. The summed E-state index contributed by atoms with van der Waals surface area (Å²) in [5.74, 6) is -1.07. The lowest BCUT2D eigenvalue weighted by atomic mass is 10.2. The van der Waals surface area contributed by atoms with Crippen LogP contribution < -0.4 is 11.9 Å². The van der Waals surface area contributed by atoms with Gasteiger partial charge in [0.15, 0.2) is 6.16 Å². The lowest BCUT2D eigenvalue weighted by Gasteiger charge is -2.01. The number of rotatable bonds is 5. The van der Waals surface area contributed by atoms with Gasteiger partial charge in [-0.15, -0.1) is 0 Å². The Morgan fingerprint density at radius 2 is 2.08 bits per heavy atom. The molecule has 0 aliphatic carbocycles. The fourth-order valence-electron chi connectivity index (χ4n) is 0.570. The summed E-state index contributed by atoms with van der Waals surface area (Å²) in [6.07, 6.45) is 0.743. The number of carboxylic acid groups (broad SMARTS) is 1. The Morgan fingerprint density at radius 3 is 2.42 bits per heavy atom. The molecule has 0 saturated heterocycles. The van der Waals surface area contributed by atoms with Crippen LogP contribution in [0, 0.1) is 0 Å². The predicted octanol–water partition coefficient (Wildman–Crippen LogP) is 0.0752. The summed E-state index contributed by atoms with van der Waals surface area (Å²) in [4.78, 5) is 18.4. The topological polar surface area (TPSA) is 136 Å². The molecule has 72 valence electrons. The Hall–Kier alpha value is -0.550. The zero-order chi connectivity index (χ0) is 8.85. The molecule has 12 heavy (non-hydrogen) atoms. The largest absolute Gasteiger partial charge is 0.505 e. The average molecular weight is 197 g/mol. The molecule has 0 radical (unpaired) electrons. The standard InChI is InChI=1S/C5H10NO4P.H3N/c6-4(5(7)8)2-1-3-11(9)10;/h4H,1-3,6H2,(H-,7,8,9,10);1H3/p+1. The summed E-state index contributed by atoms with van der Waals surface area (Å²) in [5, 5.41) is 8.29. The minimum absolute atomic E-state index is 0. The third kappa shape index (κ3) is 7.56. The van der Waals surface area contributed by atoms with Gasteiger partial charge in [0.05, 0.1) is 0 Å². The van der Waals surface area contributed by atoms with E-state index < -0.39 is 20.0 Å². The van der Waals surface area contributed by atoms with E-state index in [0.717, 1.165) is 0 Å². The molecule has 0 aliphatic heterocycles. The molecule has 0 aromatic carbocycles. The Balaban J connectivity index is 0. The highest BCUT2D eigenvalue weighted by Crippen LogP contribution is 2.15. The quantitative estimate of drug-likeness (QED) is 0.460. The molecule has 2 atom stereocenters. The van der Waals surface area contributed by atoms with E-state index in [4.69, 9.17) is 15.7 Å². The van der Waals surface area contributed by atoms with Crippen LogP contribution in [-0.2, 0) is 9.36 Å². The number of hydrogen-bond acceptors (Lipinski definition) is 4. The number of nitrogens with two attached hydrogens (primary N) is 1. The maximum atomic E-state index is 10.1. The van der Waals surface area contributed by atoms with E-state index in [2.05, 4.69) is 0 Å². The molecule has 0 aromatic rings. The van der Waals surface area contributed by atoms with Crippen LogP contribution in [0.3, 0.4) is 0 Å². The first-order valence-corrected chi connectivity index (χ1v) is 4.55. The summed E-state index contributed by atoms with van der Waals surface area (Å²) in [7, 11) is -2.15. The lowest BCUT2D eigenvalue weighted by Crippen LogP contribution is -2.29. The van der Waals surface area contributed by atoms with Gasteiger partial charge in [0, 0.05) is 0 Å². The van der Waals surface area contributed by atoms with Gasteiger partial charge in [-0.3, -0.25) is 4.79 Å². The van der Waals surface area contributed by atoms with Gasteiger partial charge in [-0.25, -0.2) is 0 Å². The zero-order valence-electron chi connectivity index (χ0n) is 6.64. The summed E-state index contributed by atoms with van der Waals surface area (Å²) >= 11 is 0. The molecule has 6 nitrogen and oxygen atoms in total. The van der Waals surface area contributed by atoms with Crippen molar-refractivity contribution in [1.82, 2.24) is 6.15 Å². The van der Waals surface area contributed by atoms with Crippen molar-refractivity contribution < 1.29 is 19.4 Å². The second-order valence-corrected chi connectivity index (χ2v) is 3.31. The van der Waals surface area contributed by atoms with E-state index in [1.807, 2.05) is 0 Å². The normalized spacial score (nSPS) is 13.0. The van der Waals surface area contributed by atoms with Crippen molar-refractivity contribution in [3.8, 4) is 0 Å². The Labute approximate surface area is 71.2 Å². The molecule has 0 saturated carbocycles. The highest BCUT2D eigenvalue weighted by atomic mass is 31.1. The summed E-state index contributed by atoms with van der Waals surface area (Å²) < 4.78 is 10.1. The molecule has 7 N–H and O–H groups in total. The molecule has 0 bridgehead atoms. The van der Waals surface area contributed by atoms with Crippen molar-refractivity contribution in [2.75, 3.05) is 6.16 Å². The van der Waals surface area contributed by atoms with Crippen LogP contribution in [0.15, 0.2) is 0 Å². The van der Waals surface area contributed by atoms with E-state index in [9.17, 15) is 9.36 Å². The van der Waals surface area contributed by atoms with E-state index in [1.54, 1.807) is 0 Å². The number of aliphatic carboxylic acids is 1. The number of hydrogen-bond donors (Lipinski definition) is 4. The summed E-state index contributed by atoms with van der Waals surface area (Å²) in [6, 6.07) is -0.912. The second kappa shape index (κ2) is 7.12. The Bertz CT molecular complexity index is 164. The van der Waals surface area contributed by atoms with Crippen molar-refractivity contribution in [2.45, 2.75) is 18.9 Å². The van der Waals surface area contributed by atoms with Crippen molar-refractivity contribution in [3.05, 3.63) is 0 Å². The first-order chi connectivity index (χ1) is 5.04. The fraction of sp³-hybridized carbons (Fsp3) is 0.800. The predicted molar refractivity (Wildman–Crippen MR) is 44.6 cm³/mol. The van der Waals surface area contributed by atoms with E-state index in [0.29, 0.717) is 6.42 Å². The van der Waals surface area contributed by atoms with Crippen LogP contribution in [0.4, 0.5) is 0 Å². The molecule has 0 aliphatic rings. The summed E-state index contributed by atoms with van der Waals surface area (Å²) in [6.45, 7) is 0. The third-order valence-electron chi connectivity index (χ3n) is 1.18. The van der Waals surface area contributed by atoms with Crippen molar-refractivity contribution in [2.24, 2.45) is 5.73 Å². The van der Waals surface area contributed by atoms with Crippen molar-refractivity contribution in [1.29, 1.82) is 0 Å². The molecule has 2 unspecified atom stereocenters. The highest BCUT2D eigenvalue weighted by molar-refractivity contribution is 7.37. The lowest BCUT2D eigenvalue weighted by molar-refractivity contribution is -0.138. The van der Waals surface area contributed by atoms with E-state index in [-0.39, 0.29) is 18.7 Å². The van der Waals surface area contributed by atoms with Crippen molar-refractivity contribution >= 4 is 14.0 Å². The number of carbonyl (C=O) groups is 1. The Morgan fingerprint density at radius 1 is 1.58 bits per heavy atom. The second-order valence-electron chi connectivity index (χ2n) is 2.16. The van der Waals surface area contributed by atoms with Gasteiger partial charge in [-0.05, 0) is 17.4 Å². The Kier molecular flexibility index (Phi) is 8.31. The van der Waals surface area contributed by atoms with Gasteiger partial charge in [0.1, 0.15) is 6.04 Å². The van der Waals surface area contributed by atoms with Gasteiger partial charge in [0.25, 0.3) is 0 Å². The van der Waals surface area contributed by atoms with E-state index in [1.165, 1.54) is 0 Å². The molecule has 0 heterocycles. The monoisotopic (exact) mass is 197 g/mol. The smallest absolute Gasteiger partial charge is 0.480 e. The highest BCUT2D eigenvalue weighted by Gasteiger charge is 2.15. The van der Waals surface area contributed by atoms with Crippen LogP contribution in [0.1, 0.15) is 12.8 Å². The van der Waals surface area contributed by atoms with Crippen LogP contribution >= 0.6 is 8.03 Å². The van der Waals surface area contributed by atoms with E-state index >= 15 is 0 Å². The molecule has 0 fully saturated rings. The molecular formula is C5H14N2O4P+. The molecule has 0 amide bonds. The molecule has 0 aromatic heterocycles.